The molecule has 3 N–H and O–H groups in total. The first-order chi connectivity index (χ1) is 8.65. The average Bonchev–Trinajstić information content (AvgIpc) is 2.78. The zero-order chi connectivity index (χ0) is 13.1. The van der Waals surface area contributed by atoms with Gasteiger partial charge in [0.1, 0.15) is 0 Å². The summed E-state index contributed by atoms with van der Waals surface area (Å²) < 4.78 is 4.69. The van der Waals surface area contributed by atoms with Crippen molar-refractivity contribution < 1.29 is 9.53 Å². The number of nitrogens with one attached hydrogen (secondary N) is 1. The molecule has 0 amide bonds. The molecule has 1 aromatic heterocycles. The Kier molecular flexibility index (Phi) is 3.89. The van der Waals surface area contributed by atoms with Crippen LogP contribution in [-0.4, -0.2) is 24.6 Å². The van der Waals surface area contributed by atoms with Crippen molar-refractivity contribution >= 4 is 28.5 Å². The predicted molar refractivity (Wildman–Crippen MR) is 71.7 cm³/mol. The highest BCUT2D eigenvalue weighted by Gasteiger charge is 2.18. The second-order valence-electron chi connectivity index (χ2n) is 4.15. The van der Waals surface area contributed by atoms with Crippen molar-refractivity contribution in [2.75, 3.05) is 13.7 Å². The van der Waals surface area contributed by atoms with E-state index in [0.717, 1.165) is 16.5 Å². The number of halogens is 1. The number of hydrogen-bond acceptors (Lipinski definition) is 3. The Morgan fingerprint density at radius 3 is 3.00 bits per heavy atom. The van der Waals surface area contributed by atoms with Crippen LogP contribution in [0.3, 0.4) is 0 Å². The van der Waals surface area contributed by atoms with Gasteiger partial charge in [-0.1, -0.05) is 17.7 Å². The lowest BCUT2D eigenvalue weighted by Gasteiger charge is -2.12. The number of hydrogen-bond donors (Lipinski definition) is 2. The quantitative estimate of drug-likeness (QED) is 0.835. The Labute approximate surface area is 110 Å². The number of aromatic amines is 1. The minimum Gasteiger partial charge on any atom is -0.469 e. The van der Waals surface area contributed by atoms with Gasteiger partial charge >= 0.3 is 5.97 Å². The third kappa shape index (κ3) is 2.49. The van der Waals surface area contributed by atoms with E-state index in [1.807, 2.05) is 24.4 Å². The van der Waals surface area contributed by atoms with Crippen LogP contribution in [0.4, 0.5) is 0 Å². The number of nitrogens with two attached hydrogens (primary N) is 1. The maximum atomic E-state index is 11.4. The Morgan fingerprint density at radius 1 is 1.56 bits per heavy atom. The fourth-order valence-electron chi connectivity index (χ4n) is 2.06. The maximum absolute atomic E-state index is 11.4. The van der Waals surface area contributed by atoms with E-state index in [1.54, 1.807) is 0 Å². The van der Waals surface area contributed by atoms with Gasteiger partial charge in [0.2, 0.25) is 0 Å². The van der Waals surface area contributed by atoms with Crippen molar-refractivity contribution in [3.63, 3.8) is 0 Å². The molecule has 1 atom stereocenters. The van der Waals surface area contributed by atoms with Crippen LogP contribution in [0.15, 0.2) is 24.4 Å². The molecule has 1 aromatic carbocycles. The van der Waals surface area contributed by atoms with Gasteiger partial charge in [0, 0.05) is 28.0 Å². The molecule has 0 radical (unpaired) electrons. The van der Waals surface area contributed by atoms with Crippen LogP contribution in [0.5, 0.6) is 0 Å². The summed E-state index contributed by atoms with van der Waals surface area (Å²) in [6.45, 7) is 0.394. The molecule has 1 heterocycles. The highest BCUT2D eigenvalue weighted by atomic mass is 35.5. The van der Waals surface area contributed by atoms with E-state index in [4.69, 9.17) is 17.3 Å². The lowest BCUT2D eigenvalue weighted by Crippen LogP contribution is -2.17. The molecule has 0 fully saturated rings. The van der Waals surface area contributed by atoms with Gasteiger partial charge in [0.25, 0.3) is 0 Å². The van der Waals surface area contributed by atoms with Crippen LogP contribution < -0.4 is 5.73 Å². The first-order valence-corrected chi connectivity index (χ1v) is 6.07. The van der Waals surface area contributed by atoms with Crippen molar-refractivity contribution in [1.29, 1.82) is 0 Å². The molecule has 96 valence electrons. The molecule has 0 aliphatic rings. The first kappa shape index (κ1) is 12.9. The van der Waals surface area contributed by atoms with Gasteiger partial charge < -0.3 is 15.5 Å². The Balaban J connectivity index is 2.36. The van der Waals surface area contributed by atoms with Crippen LogP contribution in [-0.2, 0) is 9.53 Å². The third-order valence-corrected chi connectivity index (χ3v) is 3.28. The average molecular weight is 267 g/mol. The number of rotatable bonds is 4. The first-order valence-electron chi connectivity index (χ1n) is 5.69. The molecule has 2 aromatic rings. The Bertz CT molecular complexity index is 565. The van der Waals surface area contributed by atoms with E-state index in [0.29, 0.717) is 11.6 Å². The maximum Gasteiger partial charge on any atom is 0.306 e. The smallest absolute Gasteiger partial charge is 0.306 e. The summed E-state index contributed by atoms with van der Waals surface area (Å²) in [6.07, 6.45) is 2.16. The fraction of sp³-hybridized carbons (Fsp3) is 0.308. The van der Waals surface area contributed by atoms with Gasteiger partial charge in [-0.2, -0.15) is 0 Å². The van der Waals surface area contributed by atoms with Gasteiger partial charge in [-0.25, -0.2) is 0 Å². The van der Waals surface area contributed by atoms with E-state index in [2.05, 4.69) is 9.72 Å². The molecule has 0 bridgehead atoms. The number of carbonyl (C=O) groups is 1. The molecule has 0 saturated carbocycles. The minimum atomic E-state index is -0.256. The number of H-pyrrole nitrogens is 1. The number of carbonyl (C=O) groups excluding carboxylic acids is 1. The lowest BCUT2D eigenvalue weighted by atomic mass is 9.95. The Morgan fingerprint density at radius 2 is 2.33 bits per heavy atom. The summed E-state index contributed by atoms with van der Waals surface area (Å²) in [7, 11) is 1.38. The molecule has 1 unspecified atom stereocenters. The van der Waals surface area contributed by atoms with Crippen LogP contribution >= 0.6 is 11.6 Å². The van der Waals surface area contributed by atoms with Crippen molar-refractivity contribution in [3.05, 3.63) is 35.0 Å². The second kappa shape index (κ2) is 5.42. The zero-order valence-corrected chi connectivity index (χ0v) is 10.8. The summed E-state index contributed by atoms with van der Waals surface area (Å²) in [6, 6.07) is 5.61. The van der Waals surface area contributed by atoms with Crippen LogP contribution in [0, 0.1) is 0 Å². The van der Waals surface area contributed by atoms with Crippen molar-refractivity contribution in [1.82, 2.24) is 4.98 Å². The molecule has 0 saturated heterocycles. The third-order valence-electron chi connectivity index (χ3n) is 3.04. The van der Waals surface area contributed by atoms with Gasteiger partial charge in [0.15, 0.2) is 0 Å². The summed E-state index contributed by atoms with van der Waals surface area (Å²) in [5, 5.41) is 1.71. The Hall–Kier alpha value is -1.52. The number of esters is 1. The number of ether oxygens (including phenoxy) is 1. The molecule has 5 heteroatoms. The van der Waals surface area contributed by atoms with Crippen LogP contribution in [0.1, 0.15) is 17.9 Å². The number of methoxy groups -OCH3 is 1. The number of fused-ring (bicyclic) bond motifs is 1. The van der Waals surface area contributed by atoms with Gasteiger partial charge in [-0.3, -0.25) is 4.79 Å². The topological polar surface area (TPSA) is 68.1 Å². The van der Waals surface area contributed by atoms with Gasteiger partial charge in [-0.15, -0.1) is 0 Å². The molecule has 0 spiro atoms. The molecular formula is C13H15ClN2O2. The summed E-state index contributed by atoms with van der Waals surface area (Å²) in [5.41, 5.74) is 7.71. The van der Waals surface area contributed by atoms with E-state index in [-0.39, 0.29) is 18.3 Å². The molecule has 18 heavy (non-hydrogen) atoms. The molecule has 0 aliphatic heterocycles. The minimum absolute atomic E-state index is 0.0487. The number of aromatic nitrogens is 1. The van der Waals surface area contributed by atoms with Crippen molar-refractivity contribution in [3.8, 4) is 0 Å². The SMILES string of the molecule is COC(=O)CC(CN)c1c[nH]c2cc(Cl)ccc12. The molecular weight excluding hydrogens is 252 g/mol. The van der Waals surface area contributed by atoms with Crippen molar-refractivity contribution in [2.45, 2.75) is 12.3 Å². The van der Waals surface area contributed by atoms with E-state index in [9.17, 15) is 4.79 Å². The van der Waals surface area contributed by atoms with Crippen molar-refractivity contribution in [2.24, 2.45) is 5.73 Å². The second-order valence-corrected chi connectivity index (χ2v) is 4.58. The molecule has 4 nitrogen and oxygen atoms in total. The summed E-state index contributed by atoms with van der Waals surface area (Å²) >= 11 is 5.93. The van der Waals surface area contributed by atoms with E-state index in [1.165, 1.54) is 7.11 Å². The lowest BCUT2D eigenvalue weighted by molar-refractivity contribution is -0.141. The normalized spacial score (nSPS) is 12.6. The highest BCUT2D eigenvalue weighted by Crippen LogP contribution is 2.29. The van der Waals surface area contributed by atoms with Gasteiger partial charge in [0.05, 0.1) is 13.5 Å². The molecule has 2 rings (SSSR count). The fourth-order valence-corrected chi connectivity index (χ4v) is 2.24. The summed E-state index contributed by atoms with van der Waals surface area (Å²) in [5.74, 6) is -0.305. The standard InChI is InChI=1S/C13H15ClN2O2/c1-18-13(17)4-8(6-15)11-7-16-12-5-9(14)2-3-10(11)12/h2-3,5,7-8,16H,4,6,15H2,1H3. The highest BCUT2D eigenvalue weighted by molar-refractivity contribution is 6.31. The summed E-state index contributed by atoms with van der Waals surface area (Å²) in [4.78, 5) is 14.5. The monoisotopic (exact) mass is 266 g/mol. The zero-order valence-electron chi connectivity index (χ0n) is 10.1. The largest absolute Gasteiger partial charge is 0.469 e. The van der Waals surface area contributed by atoms with E-state index >= 15 is 0 Å². The predicted octanol–water partition coefficient (Wildman–Crippen LogP) is 2.43. The van der Waals surface area contributed by atoms with E-state index < -0.39 is 0 Å². The van der Waals surface area contributed by atoms with Crippen LogP contribution in [0.2, 0.25) is 5.02 Å². The van der Waals surface area contributed by atoms with Crippen LogP contribution in [0.25, 0.3) is 10.9 Å². The molecule has 0 aliphatic carbocycles. The van der Waals surface area contributed by atoms with Gasteiger partial charge in [-0.05, 0) is 24.2 Å². The number of benzene rings is 1.